The van der Waals surface area contributed by atoms with Gasteiger partial charge in [0.15, 0.2) is 5.84 Å². The maximum absolute atomic E-state index is 11.5. The summed E-state index contributed by atoms with van der Waals surface area (Å²) < 4.78 is 4.58. The van der Waals surface area contributed by atoms with Crippen molar-refractivity contribution < 1.29 is 14.7 Å². The van der Waals surface area contributed by atoms with Gasteiger partial charge < -0.3 is 20.6 Å². The van der Waals surface area contributed by atoms with E-state index in [1.165, 1.54) is 0 Å². The van der Waals surface area contributed by atoms with Gasteiger partial charge in [-0.25, -0.2) is 4.79 Å². The number of thioether (sulfide) groups is 1. The number of piperidine rings is 1. The van der Waals surface area contributed by atoms with Crippen molar-refractivity contribution in [1.29, 1.82) is 0 Å². The van der Waals surface area contributed by atoms with Gasteiger partial charge in [0.25, 0.3) is 0 Å². The van der Waals surface area contributed by atoms with Gasteiger partial charge in [0.2, 0.25) is 0 Å². The average Bonchev–Trinajstić information content (AvgIpc) is 2.38. The van der Waals surface area contributed by atoms with E-state index in [2.05, 4.69) is 5.16 Å². The maximum Gasteiger partial charge on any atom is 0.409 e. The molecule has 0 unspecified atom stereocenters. The number of oxime groups is 1. The fourth-order valence-electron chi connectivity index (χ4n) is 1.92. The third kappa shape index (κ3) is 2.96. The van der Waals surface area contributed by atoms with E-state index in [0.29, 0.717) is 32.5 Å². The summed E-state index contributed by atoms with van der Waals surface area (Å²) in [6.07, 6.45) is 2.98. The van der Waals surface area contributed by atoms with Gasteiger partial charge >= 0.3 is 6.09 Å². The number of ether oxygens (including phenoxy) is 1. The average molecular weight is 261 g/mol. The fraction of sp³-hybridized carbons (Fsp3) is 0.800. The number of rotatable bonds is 3. The highest BCUT2D eigenvalue weighted by atomic mass is 32.2. The molecule has 7 heteroatoms. The molecule has 1 heterocycles. The molecule has 1 saturated heterocycles. The molecule has 0 aromatic heterocycles. The van der Waals surface area contributed by atoms with E-state index < -0.39 is 0 Å². The van der Waals surface area contributed by atoms with Crippen LogP contribution in [0, 0.1) is 0 Å². The first-order valence-electron chi connectivity index (χ1n) is 5.54. The van der Waals surface area contributed by atoms with E-state index in [9.17, 15) is 4.79 Å². The number of carbonyl (C=O) groups is 1. The fourth-order valence-corrected chi connectivity index (χ4v) is 2.76. The van der Waals surface area contributed by atoms with E-state index in [-0.39, 0.29) is 16.7 Å². The Morgan fingerprint density at radius 3 is 2.59 bits per heavy atom. The zero-order valence-corrected chi connectivity index (χ0v) is 11.0. The van der Waals surface area contributed by atoms with Gasteiger partial charge in [0.05, 0.1) is 11.4 Å². The molecule has 1 aliphatic heterocycles. The van der Waals surface area contributed by atoms with Crippen LogP contribution in [0.15, 0.2) is 5.16 Å². The van der Waals surface area contributed by atoms with Gasteiger partial charge in [-0.05, 0) is 26.0 Å². The Morgan fingerprint density at radius 1 is 1.59 bits per heavy atom. The summed E-state index contributed by atoms with van der Waals surface area (Å²) >= 11 is 1.56. The highest BCUT2D eigenvalue weighted by Gasteiger charge is 2.39. The number of nitrogens with two attached hydrogens (primary N) is 1. The molecular weight excluding hydrogens is 242 g/mol. The predicted octanol–water partition coefficient (Wildman–Crippen LogP) is 1.09. The minimum Gasteiger partial charge on any atom is -0.450 e. The van der Waals surface area contributed by atoms with Gasteiger partial charge in [0.1, 0.15) is 0 Å². The largest absolute Gasteiger partial charge is 0.450 e. The van der Waals surface area contributed by atoms with Crippen LogP contribution in [0.1, 0.15) is 19.8 Å². The summed E-state index contributed by atoms with van der Waals surface area (Å²) in [6, 6.07) is 0. The lowest BCUT2D eigenvalue weighted by Gasteiger charge is -2.39. The second-order valence-electron chi connectivity index (χ2n) is 3.87. The second-order valence-corrected chi connectivity index (χ2v) is 5.06. The van der Waals surface area contributed by atoms with Crippen molar-refractivity contribution in [1.82, 2.24) is 4.90 Å². The lowest BCUT2D eigenvalue weighted by molar-refractivity contribution is 0.0982. The molecule has 6 nitrogen and oxygen atoms in total. The third-order valence-electron chi connectivity index (χ3n) is 3.06. The minimum absolute atomic E-state index is 0.230. The normalized spacial score (nSPS) is 20.1. The van der Waals surface area contributed by atoms with E-state index in [1.54, 1.807) is 23.6 Å². The Morgan fingerprint density at radius 2 is 2.18 bits per heavy atom. The molecule has 0 radical (unpaired) electrons. The van der Waals surface area contributed by atoms with Crippen LogP contribution in [0.25, 0.3) is 0 Å². The number of hydrogen-bond donors (Lipinski definition) is 2. The quantitative estimate of drug-likeness (QED) is 0.343. The Bertz CT molecular complexity index is 301. The summed E-state index contributed by atoms with van der Waals surface area (Å²) in [5, 5.41) is 11.9. The smallest absolute Gasteiger partial charge is 0.409 e. The van der Waals surface area contributed by atoms with E-state index in [0.717, 1.165) is 0 Å². The first-order chi connectivity index (χ1) is 8.09. The molecule has 0 aromatic rings. The summed E-state index contributed by atoms with van der Waals surface area (Å²) in [6.45, 7) is 3.29. The Labute approximate surface area is 105 Å². The zero-order chi connectivity index (χ0) is 12.9. The van der Waals surface area contributed by atoms with E-state index >= 15 is 0 Å². The van der Waals surface area contributed by atoms with Gasteiger partial charge in [-0.2, -0.15) is 11.8 Å². The van der Waals surface area contributed by atoms with Crippen LogP contribution < -0.4 is 5.73 Å². The topological polar surface area (TPSA) is 88.2 Å². The van der Waals surface area contributed by atoms with Crippen molar-refractivity contribution in [3.8, 4) is 0 Å². The molecule has 3 N–H and O–H groups in total. The zero-order valence-electron chi connectivity index (χ0n) is 10.2. The molecule has 1 aliphatic rings. The Kier molecular flexibility index (Phi) is 4.92. The molecule has 1 fully saturated rings. The van der Waals surface area contributed by atoms with Crippen LogP contribution in [0.5, 0.6) is 0 Å². The minimum atomic E-state index is -0.363. The molecule has 0 atom stereocenters. The Balaban J connectivity index is 2.62. The van der Waals surface area contributed by atoms with E-state index in [4.69, 9.17) is 15.7 Å². The molecule has 1 amide bonds. The van der Waals surface area contributed by atoms with Gasteiger partial charge in [-0.15, -0.1) is 0 Å². The first kappa shape index (κ1) is 14.0. The Hall–Kier alpha value is -1.11. The van der Waals surface area contributed by atoms with Crippen LogP contribution in [0.2, 0.25) is 0 Å². The summed E-state index contributed by atoms with van der Waals surface area (Å²) in [5.41, 5.74) is 5.72. The van der Waals surface area contributed by atoms with Gasteiger partial charge in [-0.3, -0.25) is 0 Å². The molecule has 0 aliphatic carbocycles. The summed E-state index contributed by atoms with van der Waals surface area (Å²) in [7, 11) is 0. The van der Waals surface area contributed by atoms with Crippen molar-refractivity contribution in [2.45, 2.75) is 24.5 Å². The SMILES string of the molecule is CCOC(=O)N1CCC(SC)(C(N)=NO)CC1. The molecule has 0 bridgehead atoms. The molecule has 98 valence electrons. The van der Waals surface area contributed by atoms with Crippen LogP contribution in [-0.4, -0.2) is 52.7 Å². The molecule has 17 heavy (non-hydrogen) atoms. The standard InChI is InChI=1S/C10H19N3O3S/c1-3-16-9(14)13-6-4-10(17-2,5-7-13)8(11)12-15/h15H,3-7H2,1-2H3,(H2,11,12). The molecule has 0 saturated carbocycles. The predicted molar refractivity (Wildman–Crippen MR) is 67.5 cm³/mol. The number of nitrogens with zero attached hydrogens (tertiary/aromatic N) is 2. The van der Waals surface area contributed by atoms with Gasteiger partial charge in [-0.1, -0.05) is 5.16 Å². The lowest BCUT2D eigenvalue weighted by atomic mass is 9.95. The summed E-state index contributed by atoms with van der Waals surface area (Å²) in [5.74, 6) is 0.230. The molecule has 1 rings (SSSR count). The van der Waals surface area contributed by atoms with Crippen LogP contribution in [-0.2, 0) is 4.74 Å². The number of carbonyl (C=O) groups excluding carboxylic acids is 1. The van der Waals surface area contributed by atoms with Crippen molar-refractivity contribution in [2.75, 3.05) is 26.0 Å². The highest BCUT2D eigenvalue weighted by Crippen LogP contribution is 2.34. The van der Waals surface area contributed by atoms with Crippen molar-refractivity contribution >= 4 is 23.7 Å². The number of amidine groups is 1. The van der Waals surface area contributed by atoms with Crippen molar-refractivity contribution in [3.63, 3.8) is 0 Å². The number of likely N-dealkylation sites (tertiary alicyclic amines) is 1. The first-order valence-corrected chi connectivity index (χ1v) is 6.77. The van der Waals surface area contributed by atoms with Gasteiger partial charge in [0, 0.05) is 13.1 Å². The molecular formula is C10H19N3O3S. The lowest BCUT2D eigenvalue weighted by Crippen LogP contribution is -2.51. The van der Waals surface area contributed by atoms with E-state index in [1.807, 2.05) is 6.26 Å². The van der Waals surface area contributed by atoms with Crippen LogP contribution in [0.3, 0.4) is 0 Å². The number of amides is 1. The maximum atomic E-state index is 11.5. The number of hydrogen-bond acceptors (Lipinski definition) is 5. The molecule has 0 aromatic carbocycles. The van der Waals surface area contributed by atoms with Crippen molar-refractivity contribution in [3.05, 3.63) is 0 Å². The molecule has 0 spiro atoms. The summed E-state index contributed by atoms with van der Waals surface area (Å²) in [4.78, 5) is 13.2. The second kappa shape index (κ2) is 6.00. The van der Waals surface area contributed by atoms with Crippen LogP contribution >= 0.6 is 11.8 Å². The third-order valence-corrected chi connectivity index (χ3v) is 4.46. The highest BCUT2D eigenvalue weighted by molar-refractivity contribution is 8.00. The van der Waals surface area contributed by atoms with Crippen LogP contribution in [0.4, 0.5) is 4.79 Å². The monoisotopic (exact) mass is 261 g/mol. The van der Waals surface area contributed by atoms with Crippen molar-refractivity contribution in [2.24, 2.45) is 10.9 Å².